The quantitative estimate of drug-likeness (QED) is 0.522. The molecule has 2 aromatic carbocycles. The lowest BCUT2D eigenvalue weighted by atomic mass is 10.1. The molecular formula is C22H19N5OS. The van der Waals surface area contributed by atoms with Crippen LogP contribution in [0.2, 0.25) is 0 Å². The number of nitrogens with zero attached hydrogens (tertiary/aromatic N) is 4. The first-order valence-electron chi connectivity index (χ1n) is 9.58. The van der Waals surface area contributed by atoms with Crippen molar-refractivity contribution in [1.29, 1.82) is 0 Å². The van der Waals surface area contributed by atoms with Crippen molar-refractivity contribution in [3.05, 3.63) is 77.7 Å². The van der Waals surface area contributed by atoms with E-state index < -0.39 is 0 Å². The number of carbonyl (C=O) groups is 1. The standard InChI is InChI=1S/C22H19N5OS/c28-21(23-13-18-26-24-14-27(18)17-11-12-17)20-19(15-7-3-1-4-8-15)25-22(29-20)16-9-5-2-6-10-16/h1-10,14,17H,11-13H2,(H,23,28). The highest BCUT2D eigenvalue weighted by Gasteiger charge is 2.26. The molecule has 1 fully saturated rings. The molecule has 1 saturated carbocycles. The number of carbonyl (C=O) groups excluding carboxylic acids is 1. The zero-order valence-corrected chi connectivity index (χ0v) is 16.5. The molecule has 2 aromatic heterocycles. The summed E-state index contributed by atoms with van der Waals surface area (Å²) in [6, 6.07) is 20.2. The van der Waals surface area contributed by atoms with E-state index in [1.807, 2.05) is 60.7 Å². The Balaban J connectivity index is 1.45. The molecule has 0 spiro atoms. The van der Waals surface area contributed by atoms with E-state index in [0.717, 1.165) is 34.8 Å². The highest BCUT2D eigenvalue weighted by Crippen LogP contribution is 2.36. The fourth-order valence-corrected chi connectivity index (χ4v) is 4.27. The molecule has 0 saturated heterocycles. The third-order valence-corrected chi connectivity index (χ3v) is 6.00. The summed E-state index contributed by atoms with van der Waals surface area (Å²) in [5.41, 5.74) is 2.63. The number of rotatable bonds is 6. The van der Waals surface area contributed by atoms with Crippen molar-refractivity contribution in [2.45, 2.75) is 25.4 Å². The predicted molar refractivity (Wildman–Crippen MR) is 112 cm³/mol. The lowest BCUT2D eigenvalue weighted by Crippen LogP contribution is -2.24. The van der Waals surface area contributed by atoms with Crippen molar-refractivity contribution < 1.29 is 4.79 Å². The minimum absolute atomic E-state index is 0.145. The van der Waals surface area contributed by atoms with Gasteiger partial charge < -0.3 is 9.88 Å². The van der Waals surface area contributed by atoms with E-state index in [2.05, 4.69) is 20.1 Å². The van der Waals surface area contributed by atoms with Crippen LogP contribution >= 0.6 is 11.3 Å². The van der Waals surface area contributed by atoms with Crippen LogP contribution in [0.5, 0.6) is 0 Å². The SMILES string of the molecule is O=C(NCc1nncn1C1CC1)c1sc(-c2ccccc2)nc1-c1ccccc1. The number of aromatic nitrogens is 4. The van der Waals surface area contributed by atoms with Crippen LogP contribution in [0, 0.1) is 0 Å². The highest BCUT2D eigenvalue weighted by atomic mass is 32.1. The molecule has 1 aliphatic rings. The molecule has 0 radical (unpaired) electrons. The molecule has 0 atom stereocenters. The van der Waals surface area contributed by atoms with E-state index in [-0.39, 0.29) is 5.91 Å². The van der Waals surface area contributed by atoms with Gasteiger partial charge in [0, 0.05) is 17.2 Å². The van der Waals surface area contributed by atoms with Crippen LogP contribution in [0.3, 0.4) is 0 Å². The van der Waals surface area contributed by atoms with Crippen LogP contribution in [0.15, 0.2) is 67.0 Å². The van der Waals surface area contributed by atoms with Crippen LogP contribution in [0.25, 0.3) is 21.8 Å². The average molecular weight is 401 g/mol. The molecule has 1 aliphatic carbocycles. The van der Waals surface area contributed by atoms with Gasteiger partial charge in [0.2, 0.25) is 0 Å². The Hall–Kier alpha value is -3.32. The summed E-state index contributed by atoms with van der Waals surface area (Å²) < 4.78 is 2.06. The van der Waals surface area contributed by atoms with Gasteiger partial charge in [-0.05, 0) is 12.8 Å². The van der Waals surface area contributed by atoms with Gasteiger partial charge in [0.25, 0.3) is 5.91 Å². The Kier molecular flexibility index (Phi) is 4.65. The molecule has 2 heterocycles. The Morgan fingerprint density at radius 2 is 1.72 bits per heavy atom. The first-order valence-corrected chi connectivity index (χ1v) is 10.4. The van der Waals surface area contributed by atoms with Gasteiger partial charge in [-0.3, -0.25) is 4.79 Å². The molecule has 6 nitrogen and oxygen atoms in total. The Bertz CT molecular complexity index is 1130. The monoisotopic (exact) mass is 401 g/mol. The molecule has 5 rings (SSSR count). The zero-order valence-electron chi connectivity index (χ0n) is 15.7. The number of thiazole rings is 1. The molecule has 29 heavy (non-hydrogen) atoms. The van der Waals surface area contributed by atoms with Crippen molar-refractivity contribution in [2.24, 2.45) is 0 Å². The van der Waals surface area contributed by atoms with Gasteiger partial charge in [-0.2, -0.15) is 0 Å². The first-order chi connectivity index (χ1) is 14.3. The zero-order chi connectivity index (χ0) is 19.6. The molecule has 4 aromatic rings. The van der Waals surface area contributed by atoms with Crippen molar-refractivity contribution >= 4 is 17.2 Å². The fourth-order valence-electron chi connectivity index (χ4n) is 3.26. The molecule has 1 N–H and O–H groups in total. The van der Waals surface area contributed by atoms with Gasteiger partial charge in [0.1, 0.15) is 16.2 Å². The third kappa shape index (κ3) is 3.69. The second-order valence-corrected chi connectivity index (χ2v) is 8.00. The molecular weight excluding hydrogens is 382 g/mol. The molecule has 144 valence electrons. The lowest BCUT2D eigenvalue weighted by Gasteiger charge is -2.07. The van der Waals surface area contributed by atoms with Crippen LogP contribution < -0.4 is 5.32 Å². The Morgan fingerprint density at radius 1 is 1.03 bits per heavy atom. The summed E-state index contributed by atoms with van der Waals surface area (Å²) in [6.07, 6.45) is 4.04. The van der Waals surface area contributed by atoms with E-state index in [9.17, 15) is 4.79 Å². The smallest absolute Gasteiger partial charge is 0.264 e. The van der Waals surface area contributed by atoms with Crippen molar-refractivity contribution in [3.63, 3.8) is 0 Å². The largest absolute Gasteiger partial charge is 0.344 e. The summed E-state index contributed by atoms with van der Waals surface area (Å²) in [5.74, 6) is 0.642. The van der Waals surface area contributed by atoms with E-state index >= 15 is 0 Å². The molecule has 1 amide bonds. The topological polar surface area (TPSA) is 72.7 Å². The van der Waals surface area contributed by atoms with E-state index in [4.69, 9.17) is 4.98 Å². The third-order valence-electron chi connectivity index (χ3n) is 4.90. The average Bonchev–Trinajstić information content (AvgIpc) is 3.34. The van der Waals surface area contributed by atoms with Gasteiger partial charge in [-0.15, -0.1) is 21.5 Å². The second kappa shape index (κ2) is 7.60. The van der Waals surface area contributed by atoms with E-state index in [0.29, 0.717) is 23.2 Å². The summed E-state index contributed by atoms with van der Waals surface area (Å²) in [6.45, 7) is 0.349. The van der Waals surface area contributed by atoms with E-state index in [1.165, 1.54) is 11.3 Å². The summed E-state index contributed by atoms with van der Waals surface area (Å²) in [5, 5.41) is 12.0. The van der Waals surface area contributed by atoms with Crippen molar-refractivity contribution in [3.8, 4) is 21.8 Å². The lowest BCUT2D eigenvalue weighted by molar-refractivity contribution is 0.0954. The maximum atomic E-state index is 13.1. The molecule has 0 aliphatic heterocycles. The fraction of sp³-hybridized carbons (Fsp3) is 0.182. The predicted octanol–water partition coefficient (Wildman–Crippen LogP) is 4.33. The summed E-state index contributed by atoms with van der Waals surface area (Å²) >= 11 is 1.41. The number of hydrogen-bond donors (Lipinski definition) is 1. The van der Waals surface area contributed by atoms with E-state index in [1.54, 1.807) is 6.33 Å². The number of nitrogens with one attached hydrogen (secondary N) is 1. The van der Waals surface area contributed by atoms with Gasteiger partial charge in [0.15, 0.2) is 5.82 Å². The Morgan fingerprint density at radius 3 is 2.41 bits per heavy atom. The minimum Gasteiger partial charge on any atom is -0.344 e. The van der Waals surface area contributed by atoms with Crippen LogP contribution in [0.4, 0.5) is 0 Å². The summed E-state index contributed by atoms with van der Waals surface area (Å²) in [4.78, 5) is 18.5. The van der Waals surface area contributed by atoms with Gasteiger partial charge >= 0.3 is 0 Å². The van der Waals surface area contributed by atoms with Crippen molar-refractivity contribution in [1.82, 2.24) is 25.1 Å². The van der Waals surface area contributed by atoms with Gasteiger partial charge in [0.05, 0.1) is 12.2 Å². The first kappa shape index (κ1) is 17.8. The maximum absolute atomic E-state index is 13.1. The minimum atomic E-state index is -0.145. The molecule has 0 unspecified atom stereocenters. The maximum Gasteiger partial charge on any atom is 0.264 e. The van der Waals surface area contributed by atoms with Crippen LogP contribution in [-0.4, -0.2) is 25.7 Å². The Labute approximate surface area is 172 Å². The number of benzene rings is 2. The van der Waals surface area contributed by atoms with Crippen LogP contribution in [0.1, 0.15) is 34.4 Å². The number of hydrogen-bond acceptors (Lipinski definition) is 5. The second-order valence-electron chi connectivity index (χ2n) is 7.00. The van der Waals surface area contributed by atoms with Crippen LogP contribution in [-0.2, 0) is 6.54 Å². The summed E-state index contributed by atoms with van der Waals surface area (Å²) in [7, 11) is 0. The molecule has 0 bridgehead atoms. The molecule has 7 heteroatoms. The normalized spacial score (nSPS) is 13.4. The van der Waals surface area contributed by atoms with Gasteiger partial charge in [-0.25, -0.2) is 4.98 Å². The van der Waals surface area contributed by atoms with Crippen molar-refractivity contribution in [2.75, 3.05) is 0 Å². The number of amides is 1. The van der Waals surface area contributed by atoms with Gasteiger partial charge in [-0.1, -0.05) is 60.7 Å². The highest BCUT2D eigenvalue weighted by molar-refractivity contribution is 7.17.